The Balaban J connectivity index is 2.04. The zero-order chi connectivity index (χ0) is 19.2. The van der Waals surface area contributed by atoms with Gasteiger partial charge in [0.2, 0.25) is 15.9 Å². The molecule has 5 nitrogen and oxygen atoms in total. The molecule has 0 saturated heterocycles. The van der Waals surface area contributed by atoms with Crippen molar-refractivity contribution < 1.29 is 17.6 Å². The van der Waals surface area contributed by atoms with Gasteiger partial charge in [-0.2, -0.15) is 11.8 Å². The van der Waals surface area contributed by atoms with E-state index in [-0.39, 0.29) is 29.1 Å². The molecule has 0 radical (unpaired) electrons. The molecule has 1 atom stereocenters. The van der Waals surface area contributed by atoms with Crippen molar-refractivity contribution in [1.29, 1.82) is 0 Å². The fraction of sp³-hybridized carbons (Fsp3) is 0.278. The molecule has 1 amide bonds. The highest BCUT2D eigenvalue weighted by Crippen LogP contribution is 2.13. The van der Waals surface area contributed by atoms with E-state index in [2.05, 4.69) is 10.0 Å². The molecule has 2 N–H and O–H groups in total. The number of carbonyl (C=O) groups is 1. The maximum absolute atomic E-state index is 13.2. The lowest BCUT2D eigenvalue weighted by Crippen LogP contribution is -2.30. The van der Waals surface area contributed by atoms with Gasteiger partial charge in [0.15, 0.2) is 0 Å². The Morgan fingerprint density at radius 3 is 2.42 bits per heavy atom. The Kier molecular flexibility index (Phi) is 7.19. The third-order valence-electron chi connectivity index (χ3n) is 3.75. The smallest absolute Gasteiger partial charge is 0.240 e. The fourth-order valence-electron chi connectivity index (χ4n) is 2.17. The standard InChI is InChI=1S/C18H21FN2O3S2/c1-13(25-2)18(22)20-11-15-6-4-8-17(10-15)26(23,24)21-12-14-5-3-7-16(19)9-14/h3-10,13,21H,11-12H2,1-2H3,(H,20,22)/t13-/m1/s1. The van der Waals surface area contributed by atoms with E-state index >= 15 is 0 Å². The normalized spacial score (nSPS) is 12.6. The minimum absolute atomic E-state index is 0.00764. The molecular weight excluding hydrogens is 375 g/mol. The van der Waals surface area contributed by atoms with Crippen molar-refractivity contribution in [3.63, 3.8) is 0 Å². The molecule has 0 aliphatic heterocycles. The summed E-state index contributed by atoms with van der Waals surface area (Å²) >= 11 is 1.44. The largest absolute Gasteiger partial charge is 0.351 e. The van der Waals surface area contributed by atoms with Crippen LogP contribution in [-0.4, -0.2) is 25.8 Å². The van der Waals surface area contributed by atoms with Crippen molar-refractivity contribution in [2.75, 3.05) is 6.26 Å². The van der Waals surface area contributed by atoms with E-state index in [4.69, 9.17) is 0 Å². The molecule has 2 rings (SSSR count). The number of benzene rings is 2. The van der Waals surface area contributed by atoms with Crippen LogP contribution in [0.3, 0.4) is 0 Å². The van der Waals surface area contributed by atoms with Crippen molar-refractivity contribution >= 4 is 27.7 Å². The summed E-state index contributed by atoms with van der Waals surface area (Å²) < 4.78 is 40.5. The van der Waals surface area contributed by atoms with E-state index < -0.39 is 15.8 Å². The molecule has 0 spiro atoms. The van der Waals surface area contributed by atoms with Gasteiger partial charge in [0.05, 0.1) is 10.1 Å². The molecule has 2 aromatic carbocycles. The first-order chi connectivity index (χ1) is 12.3. The van der Waals surface area contributed by atoms with E-state index in [0.717, 1.165) is 0 Å². The van der Waals surface area contributed by atoms with E-state index in [9.17, 15) is 17.6 Å². The monoisotopic (exact) mass is 396 g/mol. The molecular formula is C18H21FN2O3S2. The lowest BCUT2D eigenvalue weighted by Gasteiger charge is -2.11. The number of carbonyl (C=O) groups excluding carboxylic acids is 1. The van der Waals surface area contributed by atoms with Crippen LogP contribution >= 0.6 is 11.8 Å². The van der Waals surface area contributed by atoms with Crippen molar-refractivity contribution in [3.05, 3.63) is 65.5 Å². The van der Waals surface area contributed by atoms with Crippen LogP contribution in [0.1, 0.15) is 18.1 Å². The highest BCUT2D eigenvalue weighted by Gasteiger charge is 2.15. The van der Waals surface area contributed by atoms with E-state index in [0.29, 0.717) is 11.1 Å². The van der Waals surface area contributed by atoms with Gasteiger partial charge in [-0.25, -0.2) is 17.5 Å². The first kappa shape index (κ1) is 20.4. The topological polar surface area (TPSA) is 75.3 Å². The van der Waals surface area contributed by atoms with Crippen molar-refractivity contribution in [1.82, 2.24) is 10.0 Å². The molecule has 0 saturated carbocycles. The predicted octanol–water partition coefficient (Wildman–Crippen LogP) is 2.67. The highest BCUT2D eigenvalue weighted by atomic mass is 32.2. The summed E-state index contributed by atoms with van der Waals surface area (Å²) in [7, 11) is -3.74. The summed E-state index contributed by atoms with van der Waals surface area (Å²) in [5.74, 6) is -0.520. The zero-order valence-electron chi connectivity index (χ0n) is 14.5. The van der Waals surface area contributed by atoms with Gasteiger partial charge in [-0.05, 0) is 48.6 Å². The van der Waals surface area contributed by atoms with Gasteiger partial charge in [-0.15, -0.1) is 0 Å². The van der Waals surface area contributed by atoms with Gasteiger partial charge in [-0.3, -0.25) is 4.79 Å². The average Bonchev–Trinajstić information content (AvgIpc) is 2.64. The summed E-state index contributed by atoms with van der Waals surface area (Å²) in [5, 5.41) is 2.60. The Morgan fingerprint density at radius 2 is 1.77 bits per heavy atom. The van der Waals surface area contributed by atoms with E-state index in [1.54, 1.807) is 25.1 Å². The second-order valence-corrected chi connectivity index (χ2v) is 8.64. The molecule has 8 heteroatoms. The first-order valence-electron chi connectivity index (χ1n) is 7.95. The van der Waals surface area contributed by atoms with Crippen LogP contribution in [0.15, 0.2) is 53.4 Å². The third kappa shape index (κ3) is 5.82. The van der Waals surface area contributed by atoms with Crippen molar-refractivity contribution in [2.45, 2.75) is 30.2 Å². The van der Waals surface area contributed by atoms with E-state index in [1.165, 1.54) is 42.1 Å². The number of amides is 1. The summed E-state index contributed by atoms with van der Waals surface area (Å²) in [6.45, 7) is 2.04. The highest BCUT2D eigenvalue weighted by molar-refractivity contribution is 7.99. The summed E-state index contributed by atoms with van der Waals surface area (Å²) in [4.78, 5) is 11.9. The Bertz CT molecular complexity index is 872. The van der Waals surface area contributed by atoms with Gasteiger partial charge in [0.25, 0.3) is 0 Å². The van der Waals surface area contributed by atoms with Crippen molar-refractivity contribution in [2.24, 2.45) is 0 Å². The van der Waals surface area contributed by atoms with Crippen LogP contribution < -0.4 is 10.0 Å². The predicted molar refractivity (Wildman–Crippen MR) is 102 cm³/mol. The summed E-state index contributed by atoms with van der Waals surface area (Å²) in [5.41, 5.74) is 1.21. The second-order valence-electron chi connectivity index (χ2n) is 5.70. The SMILES string of the molecule is CS[C@H](C)C(=O)NCc1cccc(S(=O)(=O)NCc2cccc(F)c2)c1. The molecule has 0 unspecified atom stereocenters. The molecule has 0 aliphatic rings. The minimum atomic E-state index is -3.74. The van der Waals surface area contributed by atoms with E-state index in [1.807, 2.05) is 6.26 Å². The van der Waals surface area contributed by atoms with Crippen LogP contribution in [0.2, 0.25) is 0 Å². The maximum Gasteiger partial charge on any atom is 0.240 e. The van der Waals surface area contributed by atoms with Gasteiger partial charge >= 0.3 is 0 Å². The Labute approximate surface area is 157 Å². The third-order valence-corrected chi connectivity index (χ3v) is 6.07. The molecule has 0 heterocycles. The summed E-state index contributed by atoms with van der Waals surface area (Å²) in [6, 6.07) is 12.1. The number of thioether (sulfide) groups is 1. The average molecular weight is 397 g/mol. The van der Waals surface area contributed by atoms with Crippen LogP contribution in [0.25, 0.3) is 0 Å². The molecule has 0 aromatic heterocycles. The molecule has 0 bridgehead atoms. The van der Waals surface area contributed by atoms with Crippen LogP contribution in [0, 0.1) is 5.82 Å². The quantitative estimate of drug-likeness (QED) is 0.719. The lowest BCUT2D eigenvalue weighted by molar-refractivity contribution is -0.120. The number of hydrogen-bond acceptors (Lipinski definition) is 4. The Morgan fingerprint density at radius 1 is 1.12 bits per heavy atom. The van der Waals surface area contributed by atoms with Gasteiger partial charge in [-0.1, -0.05) is 24.3 Å². The second kappa shape index (κ2) is 9.16. The van der Waals surface area contributed by atoms with Crippen molar-refractivity contribution in [3.8, 4) is 0 Å². The minimum Gasteiger partial charge on any atom is -0.351 e. The lowest BCUT2D eigenvalue weighted by atomic mass is 10.2. The number of nitrogens with one attached hydrogen (secondary N) is 2. The van der Waals surface area contributed by atoms with Gasteiger partial charge < -0.3 is 5.32 Å². The van der Waals surface area contributed by atoms with Crippen LogP contribution in [0.4, 0.5) is 4.39 Å². The molecule has 0 fully saturated rings. The fourth-order valence-corrected chi connectivity index (χ4v) is 3.56. The number of sulfonamides is 1. The molecule has 26 heavy (non-hydrogen) atoms. The molecule has 2 aromatic rings. The number of rotatable bonds is 8. The Hall–Kier alpha value is -1.90. The number of halogens is 1. The van der Waals surface area contributed by atoms with Crippen LogP contribution in [0.5, 0.6) is 0 Å². The summed E-state index contributed by atoms with van der Waals surface area (Å²) in [6.07, 6.45) is 1.85. The number of hydrogen-bond donors (Lipinski definition) is 2. The van der Waals surface area contributed by atoms with Gasteiger partial charge in [0.1, 0.15) is 5.82 Å². The van der Waals surface area contributed by atoms with Crippen LogP contribution in [-0.2, 0) is 27.9 Å². The molecule has 0 aliphatic carbocycles. The zero-order valence-corrected chi connectivity index (χ0v) is 16.2. The maximum atomic E-state index is 13.2. The van der Waals surface area contributed by atoms with Gasteiger partial charge in [0, 0.05) is 13.1 Å². The molecule has 140 valence electrons. The first-order valence-corrected chi connectivity index (χ1v) is 10.7.